The van der Waals surface area contributed by atoms with Crippen molar-refractivity contribution in [3.05, 3.63) is 53.7 Å². The molecule has 0 aliphatic heterocycles. The Balaban J connectivity index is 1.72. The van der Waals surface area contributed by atoms with E-state index in [4.69, 9.17) is 5.73 Å². The van der Waals surface area contributed by atoms with E-state index in [1.165, 1.54) is 5.56 Å². The highest BCUT2D eigenvalue weighted by molar-refractivity contribution is 7.97. The van der Waals surface area contributed by atoms with Crippen LogP contribution in [-0.4, -0.2) is 28.6 Å². The van der Waals surface area contributed by atoms with E-state index >= 15 is 0 Å². The first-order valence-corrected chi connectivity index (χ1v) is 10.1. The lowest BCUT2D eigenvalue weighted by molar-refractivity contribution is -0.123. The fraction of sp³-hybridized carbons (Fsp3) is 0.350. The summed E-state index contributed by atoms with van der Waals surface area (Å²) in [4.78, 5) is 28.8. The molecule has 0 saturated heterocycles. The molecule has 0 atom stereocenters. The van der Waals surface area contributed by atoms with E-state index < -0.39 is 11.4 Å². The zero-order chi connectivity index (χ0) is 18.6. The molecule has 2 aromatic rings. The Morgan fingerprint density at radius 3 is 2.38 bits per heavy atom. The Morgan fingerprint density at radius 1 is 1.15 bits per heavy atom. The molecule has 1 aliphatic carbocycles. The van der Waals surface area contributed by atoms with Gasteiger partial charge in [-0.1, -0.05) is 31.0 Å². The highest BCUT2D eigenvalue weighted by atomic mass is 32.2. The Morgan fingerprint density at radius 2 is 1.85 bits per heavy atom. The minimum Gasteiger partial charge on any atom is -0.368 e. The van der Waals surface area contributed by atoms with Gasteiger partial charge < -0.3 is 11.1 Å². The number of rotatable bonds is 6. The number of hydrogen-bond acceptors (Lipinski definition) is 4. The number of thioether (sulfide) groups is 1. The number of amides is 2. The molecule has 1 aromatic carbocycles. The summed E-state index contributed by atoms with van der Waals surface area (Å²) >= 11 is 1.76. The number of benzene rings is 1. The van der Waals surface area contributed by atoms with Gasteiger partial charge in [0.15, 0.2) is 0 Å². The van der Waals surface area contributed by atoms with Crippen molar-refractivity contribution in [1.82, 2.24) is 10.3 Å². The average molecular weight is 369 g/mol. The molecular formula is C20H23N3O2S. The molecule has 0 spiro atoms. The zero-order valence-electron chi connectivity index (χ0n) is 14.8. The smallest absolute Gasteiger partial charge is 0.252 e. The molecular weight excluding hydrogens is 346 g/mol. The van der Waals surface area contributed by atoms with Crippen molar-refractivity contribution in [2.24, 2.45) is 5.73 Å². The number of carbonyl (C=O) groups excluding carboxylic acids is 2. The van der Waals surface area contributed by atoms with E-state index in [1.54, 1.807) is 23.9 Å². The third kappa shape index (κ3) is 3.90. The minimum atomic E-state index is -0.898. The van der Waals surface area contributed by atoms with Crippen molar-refractivity contribution >= 4 is 23.6 Å². The number of nitrogens with one attached hydrogen (secondary N) is 1. The Kier molecular flexibility index (Phi) is 5.61. The highest BCUT2D eigenvalue weighted by Gasteiger charge is 2.40. The normalized spacial score (nSPS) is 15.6. The van der Waals surface area contributed by atoms with Gasteiger partial charge in [-0.3, -0.25) is 14.6 Å². The molecule has 1 heterocycles. The Bertz CT molecular complexity index is 782. The third-order valence-electron chi connectivity index (χ3n) is 4.86. The van der Waals surface area contributed by atoms with E-state index in [2.05, 4.69) is 22.6 Å². The van der Waals surface area contributed by atoms with E-state index in [0.717, 1.165) is 29.9 Å². The zero-order valence-corrected chi connectivity index (χ0v) is 15.6. The van der Waals surface area contributed by atoms with Crippen LogP contribution in [-0.2, 0) is 10.5 Å². The molecule has 1 aromatic heterocycles. The molecule has 5 nitrogen and oxygen atoms in total. The van der Waals surface area contributed by atoms with Crippen LogP contribution in [0.1, 0.15) is 41.6 Å². The summed E-state index contributed by atoms with van der Waals surface area (Å²) in [5.74, 6) is 0.226. The Labute approximate surface area is 157 Å². The van der Waals surface area contributed by atoms with Crippen LogP contribution in [0.15, 0.2) is 42.6 Å². The quantitative estimate of drug-likeness (QED) is 0.819. The Hall–Kier alpha value is -2.34. The van der Waals surface area contributed by atoms with Crippen molar-refractivity contribution < 1.29 is 9.59 Å². The van der Waals surface area contributed by atoms with Gasteiger partial charge in [-0.25, -0.2) is 0 Å². The van der Waals surface area contributed by atoms with E-state index in [0.29, 0.717) is 18.4 Å². The van der Waals surface area contributed by atoms with Gasteiger partial charge >= 0.3 is 0 Å². The highest BCUT2D eigenvalue weighted by Crippen LogP contribution is 2.30. The van der Waals surface area contributed by atoms with Crippen LogP contribution in [0.5, 0.6) is 0 Å². The summed E-state index contributed by atoms with van der Waals surface area (Å²) < 4.78 is 0. The summed E-state index contributed by atoms with van der Waals surface area (Å²) in [6.45, 7) is 0. The molecule has 26 heavy (non-hydrogen) atoms. The molecule has 0 unspecified atom stereocenters. The first kappa shape index (κ1) is 18.5. The van der Waals surface area contributed by atoms with Gasteiger partial charge in [0.05, 0.1) is 5.69 Å². The average Bonchev–Trinajstić information content (AvgIpc) is 3.13. The molecule has 136 valence electrons. The third-order valence-corrected chi connectivity index (χ3v) is 5.48. The van der Waals surface area contributed by atoms with Crippen LogP contribution in [0.4, 0.5) is 0 Å². The predicted molar refractivity (Wildman–Crippen MR) is 105 cm³/mol. The molecule has 1 fully saturated rings. The molecule has 6 heteroatoms. The van der Waals surface area contributed by atoms with Gasteiger partial charge in [0.2, 0.25) is 5.91 Å². The largest absolute Gasteiger partial charge is 0.368 e. The molecule has 3 rings (SSSR count). The van der Waals surface area contributed by atoms with Gasteiger partial charge in [0, 0.05) is 23.1 Å². The van der Waals surface area contributed by atoms with E-state index in [-0.39, 0.29) is 5.91 Å². The lowest BCUT2D eigenvalue weighted by Crippen LogP contribution is -2.55. The maximum Gasteiger partial charge on any atom is 0.252 e. The lowest BCUT2D eigenvalue weighted by Gasteiger charge is -2.26. The topological polar surface area (TPSA) is 85.1 Å². The second-order valence-electron chi connectivity index (χ2n) is 6.67. The van der Waals surface area contributed by atoms with Crippen LogP contribution in [0.3, 0.4) is 0 Å². The molecule has 2 amide bonds. The van der Waals surface area contributed by atoms with Gasteiger partial charge in [-0.2, -0.15) is 11.8 Å². The van der Waals surface area contributed by atoms with Gasteiger partial charge in [-0.15, -0.1) is 0 Å². The van der Waals surface area contributed by atoms with Crippen molar-refractivity contribution in [1.29, 1.82) is 0 Å². The van der Waals surface area contributed by atoms with Crippen LogP contribution < -0.4 is 11.1 Å². The molecule has 3 N–H and O–H groups in total. The number of hydrogen-bond donors (Lipinski definition) is 2. The monoisotopic (exact) mass is 369 g/mol. The molecule has 0 radical (unpaired) electrons. The second-order valence-corrected chi connectivity index (χ2v) is 7.54. The van der Waals surface area contributed by atoms with E-state index in [1.807, 2.05) is 24.4 Å². The maximum absolute atomic E-state index is 12.5. The molecule has 0 bridgehead atoms. The predicted octanol–water partition coefficient (Wildman–Crippen LogP) is 3.14. The van der Waals surface area contributed by atoms with Gasteiger partial charge in [0.1, 0.15) is 5.54 Å². The SMILES string of the molecule is CSCc1ccc(-c2ccc(C(=O)NC3(C(N)=O)CCCC3)cc2)nc1. The molecule has 1 saturated carbocycles. The number of pyridine rings is 1. The first-order chi connectivity index (χ1) is 12.5. The maximum atomic E-state index is 12.5. The summed E-state index contributed by atoms with van der Waals surface area (Å²) in [6, 6.07) is 11.3. The van der Waals surface area contributed by atoms with Gasteiger partial charge in [-0.05, 0) is 42.9 Å². The minimum absolute atomic E-state index is 0.263. The summed E-state index contributed by atoms with van der Waals surface area (Å²) in [5.41, 5.74) is 8.14. The number of aromatic nitrogens is 1. The number of carbonyl (C=O) groups is 2. The van der Waals surface area contributed by atoms with Crippen molar-refractivity contribution in [2.75, 3.05) is 6.26 Å². The van der Waals surface area contributed by atoms with Crippen molar-refractivity contribution in [3.8, 4) is 11.3 Å². The first-order valence-electron chi connectivity index (χ1n) is 8.71. The number of nitrogens with zero attached hydrogens (tertiary/aromatic N) is 1. The lowest BCUT2D eigenvalue weighted by atomic mass is 9.96. The van der Waals surface area contributed by atoms with Crippen LogP contribution in [0.2, 0.25) is 0 Å². The van der Waals surface area contributed by atoms with Crippen LogP contribution in [0.25, 0.3) is 11.3 Å². The second kappa shape index (κ2) is 7.91. The molecule has 1 aliphatic rings. The van der Waals surface area contributed by atoms with Crippen LogP contribution in [0, 0.1) is 0 Å². The summed E-state index contributed by atoms with van der Waals surface area (Å²) in [7, 11) is 0. The van der Waals surface area contributed by atoms with Crippen LogP contribution >= 0.6 is 11.8 Å². The number of nitrogens with two attached hydrogens (primary N) is 1. The summed E-state index contributed by atoms with van der Waals surface area (Å²) in [5, 5.41) is 2.86. The fourth-order valence-electron chi connectivity index (χ4n) is 3.34. The van der Waals surface area contributed by atoms with E-state index in [9.17, 15) is 9.59 Å². The number of primary amides is 1. The van der Waals surface area contributed by atoms with Crippen molar-refractivity contribution in [2.45, 2.75) is 37.0 Å². The van der Waals surface area contributed by atoms with Gasteiger partial charge in [0.25, 0.3) is 5.91 Å². The standard InChI is InChI=1S/C20H23N3O2S/c1-26-13-14-4-9-17(22-12-14)15-5-7-16(8-6-15)18(24)23-20(19(21)25)10-2-3-11-20/h4-9,12H,2-3,10-11,13H2,1H3,(H2,21,25)(H,23,24). The summed E-state index contributed by atoms with van der Waals surface area (Å²) in [6.07, 6.45) is 6.96. The fourth-order valence-corrected chi connectivity index (χ4v) is 3.84. The van der Waals surface area contributed by atoms with Crippen molar-refractivity contribution in [3.63, 3.8) is 0 Å².